The molecule has 7 nitrogen and oxygen atoms in total. The predicted molar refractivity (Wildman–Crippen MR) is 70.6 cm³/mol. The molecule has 0 aromatic rings. The molecule has 0 radical (unpaired) electrons. The highest BCUT2D eigenvalue weighted by molar-refractivity contribution is 7.86. The molecular weight excluding hydrogens is 286 g/mol. The van der Waals surface area contributed by atoms with Crippen molar-refractivity contribution >= 4 is 27.6 Å². The molecule has 1 saturated carbocycles. The van der Waals surface area contributed by atoms with E-state index in [1.807, 2.05) is 0 Å². The zero-order chi connectivity index (χ0) is 15.5. The summed E-state index contributed by atoms with van der Waals surface area (Å²) in [5.74, 6) is -1.54. The number of Topliss-reactive ketones (excluding diaryl/α,β-unsaturated/α-hetero) is 2. The fourth-order valence-electron chi connectivity index (χ4n) is 2.32. The van der Waals surface area contributed by atoms with Crippen LogP contribution in [0.4, 0.5) is 0 Å². The summed E-state index contributed by atoms with van der Waals surface area (Å²) < 4.78 is 31.0. The van der Waals surface area contributed by atoms with E-state index >= 15 is 0 Å². The van der Waals surface area contributed by atoms with Crippen LogP contribution < -0.4 is 5.32 Å². The van der Waals surface area contributed by atoms with Crippen LogP contribution in [0, 0.1) is 5.92 Å². The Morgan fingerprint density at radius 1 is 1.25 bits per heavy atom. The predicted octanol–water partition coefficient (Wildman–Crippen LogP) is 0.0958. The molecule has 1 amide bonds. The molecule has 1 aliphatic carbocycles. The first-order chi connectivity index (χ1) is 9.11. The van der Waals surface area contributed by atoms with Gasteiger partial charge in [-0.05, 0) is 33.1 Å². The van der Waals surface area contributed by atoms with Gasteiger partial charge < -0.3 is 5.32 Å². The Bertz CT molecular complexity index is 512. The van der Waals surface area contributed by atoms with E-state index in [-0.39, 0.29) is 30.8 Å². The SMILES string of the molecule is CC(=O)C[C@H](NC(=O)C1CCC(S(=O)(=O)O)C1)C(C)=O. The van der Waals surface area contributed by atoms with Gasteiger partial charge in [-0.2, -0.15) is 8.42 Å². The second kappa shape index (κ2) is 6.45. The number of carbonyl (C=O) groups excluding carboxylic acids is 3. The lowest BCUT2D eigenvalue weighted by Gasteiger charge is -2.17. The van der Waals surface area contributed by atoms with E-state index < -0.39 is 33.2 Å². The molecule has 0 aromatic heterocycles. The summed E-state index contributed by atoms with van der Waals surface area (Å²) in [7, 11) is -4.13. The molecule has 3 atom stereocenters. The minimum atomic E-state index is -4.13. The normalized spacial score (nSPS) is 24.1. The molecule has 1 rings (SSSR count). The zero-order valence-corrected chi connectivity index (χ0v) is 12.3. The quantitative estimate of drug-likeness (QED) is 0.672. The van der Waals surface area contributed by atoms with Gasteiger partial charge in [0.2, 0.25) is 5.91 Å². The van der Waals surface area contributed by atoms with Crippen molar-refractivity contribution in [1.29, 1.82) is 0 Å². The molecule has 0 aromatic carbocycles. The van der Waals surface area contributed by atoms with Gasteiger partial charge in [0.05, 0.1) is 11.3 Å². The van der Waals surface area contributed by atoms with Crippen LogP contribution in [0.5, 0.6) is 0 Å². The van der Waals surface area contributed by atoms with E-state index in [2.05, 4.69) is 5.32 Å². The second-order valence-electron chi connectivity index (χ2n) is 5.22. The Labute approximate surface area is 117 Å². The van der Waals surface area contributed by atoms with E-state index in [0.29, 0.717) is 6.42 Å². The monoisotopic (exact) mass is 305 g/mol. The van der Waals surface area contributed by atoms with Crippen LogP contribution in [0.2, 0.25) is 0 Å². The highest BCUT2D eigenvalue weighted by Gasteiger charge is 2.37. The average Bonchev–Trinajstić information content (AvgIpc) is 2.75. The first-order valence-corrected chi connectivity index (χ1v) is 7.88. The molecule has 114 valence electrons. The molecule has 20 heavy (non-hydrogen) atoms. The summed E-state index contributed by atoms with van der Waals surface area (Å²) in [6.45, 7) is 2.61. The summed E-state index contributed by atoms with van der Waals surface area (Å²) in [6, 6.07) is -0.871. The van der Waals surface area contributed by atoms with Crippen molar-refractivity contribution in [3.8, 4) is 0 Å². The van der Waals surface area contributed by atoms with E-state index in [1.54, 1.807) is 0 Å². The zero-order valence-electron chi connectivity index (χ0n) is 11.5. The first-order valence-electron chi connectivity index (χ1n) is 6.37. The first kappa shape index (κ1) is 16.8. The standard InChI is InChI=1S/C12H19NO6S/c1-7(14)5-11(8(2)15)13-12(16)9-3-4-10(6-9)20(17,18)19/h9-11H,3-6H2,1-2H3,(H,13,16)(H,17,18,19)/t9?,10?,11-/m0/s1. The van der Waals surface area contributed by atoms with Crippen molar-refractivity contribution in [2.75, 3.05) is 0 Å². The molecule has 1 fully saturated rings. The minimum absolute atomic E-state index is 0.0371. The molecule has 0 bridgehead atoms. The van der Waals surface area contributed by atoms with Crippen LogP contribution in [0.3, 0.4) is 0 Å². The maximum absolute atomic E-state index is 12.0. The van der Waals surface area contributed by atoms with Gasteiger partial charge in [-0.15, -0.1) is 0 Å². The third-order valence-electron chi connectivity index (χ3n) is 3.48. The van der Waals surface area contributed by atoms with Gasteiger partial charge in [-0.25, -0.2) is 0 Å². The lowest BCUT2D eigenvalue weighted by Crippen LogP contribution is -2.43. The third kappa shape index (κ3) is 4.68. The highest BCUT2D eigenvalue weighted by Crippen LogP contribution is 2.30. The van der Waals surface area contributed by atoms with E-state index in [0.717, 1.165) is 0 Å². The Kier molecular flexibility index (Phi) is 5.41. The van der Waals surface area contributed by atoms with Crippen molar-refractivity contribution in [2.45, 2.75) is 50.8 Å². The van der Waals surface area contributed by atoms with Gasteiger partial charge in [0.25, 0.3) is 10.1 Å². The molecule has 0 heterocycles. The highest BCUT2D eigenvalue weighted by atomic mass is 32.2. The van der Waals surface area contributed by atoms with E-state index in [4.69, 9.17) is 4.55 Å². The van der Waals surface area contributed by atoms with Gasteiger partial charge >= 0.3 is 0 Å². The van der Waals surface area contributed by atoms with Crippen LogP contribution in [0.15, 0.2) is 0 Å². The smallest absolute Gasteiger partial charge is 0.267 e. The van der Waals surface area contributed by atoms with Gasteiger partial charge in [-0.1, -0.05) is 0 Å². The van der Waals surface area contributed by atoms with Gasteiger partial charge in [0.15, 0.2) is 5.78 Å². The summed E-state index contributed by atoms with van der Waals surface area (Å²) >= 11 is 0. The lowest BCUT2D eigenvalue weighted by molar-refractivity contribution is -0.130. The van der Waals surface area contributed by atoms with Crippen molar-refractivity contribution in [2.24, 2.45) is 5.92 Å². The van der Waals surface area contributed by atoms with Crippen LogP contribution in [0.25, 0.3) is 0 Å². The minimum Gasteiger partial charge on any atom is -0.346 e. The molecule has 2 unspecified atom stereocenters. The van der Waals surface area contributed by atoms with Crippen LogP contribution in [0.1, 0.15) is 39.5 Å². The lowest BCUT2D eigenvalue weighted by atomic mass is 10.0. The van der Waals surface area contributed by atoms with Gasteiger partial charge in [-0.3, -0.25) is 18.9 Å². The molecule has 2 N–H and O–H groups in total. The Balaban J connectivity index is 2.63. The maximum atomic E-state index is 12.0. The van der Waals surface area contributed by atoms with Crippen molar-refractivity contribution in [3.05, 3.63) is 0 Å². The van der Waals surface area contributed by atoms with Crippen molar-refractivity contribution in [1.82, 2.24) is 5.32 Å². The van der Waals surface area contributed by atoms with Crippen LogP contribution >= 0.6 is 0 Å². The number of hydrogen-bond donors (Lipinski definition) is 2. The Morgan fingerprint density at radius 3 is 2.25 bits per heavy atom. The topological polar surface area (TPSA) is 118 Å². The van der Waals surface area contributed by atoms with E-state index in [9.17, 15) is 22.8 Å². The number of nitrogens with one attached hydrogen (secondary N) is 1. The summed E-state index contributed by atoms with van der Waals surface area (Å²) in [4.78, 5) is 34.3. The van der Waals surface area contributed by atoms with Crippen molar-refractivity contribution in [3.63, 3.8) is 0 Å². The van der Waals surface area contributed by atoms with Gasteiger partial charge in [0, 0.05) is 12.3 Å². The molecule has 0 aliphatic heterocycles. The van der Waals surface area contributed by atoms with E-state index in [1.165, 1.54) is 13.8 Å². The summed E-state index contributed by atoms with van der Waals surface area (Å²) in [6.07, 6.45) is 0.514. The number of ketones is 2. The Hall–Kier alpha value is -1.28. The molecule has 1 aliphatic rings. The maximum Gasteiger partial charge on any atom is 0.267 e. The second-order valence-corrected chi connectivity index (χ2v) is 6.92. The summed E-state index contributed by atoms with van der Waals surface area (Å²) in [5, 5.41) is 1.55. The van der Waals surface area contributed by atoms with Gasteiger partial charge in [0.1, 0.15) is 5.78 Å². The number of carbonyl (C=O) groups is 3. The summed E-state index contributed by atoms with van der Waals surface area (Å²) in [5.41, 5.74) is 0. The van der Waals surface area contributed by atoms with Crippen molar-refractivity contribution < 1.29 is 27.4 Å². The largest absolute Gasteiger partial charge is 0.346 e. The molecule has 0 spiro atoms. The average molecular weight is 305 g/mol. The number of rotatable bonds is 6. The van der Waals surface area contributed by atoms with Crippen LogP contribution in [-0.4, -0.2) is 41.7 Å². The number of hydrogen-bond acceptors (Lipinski definition) is 5. The van der Waals surface area contributed by atoms with Crippen LogP contribution in [-0.2, 0) is 24.5 Å². The fourth-order valence-corrected chi connectivity index (χ4v) is 3.23. The Morgan fingerprint density at radius 2 is 1.85 bits per heavy atom. The third-order valence-corrected chi connectivity index (χ3v) is 4.75. The molecule has 8 heteroatoms. The number of amides is 1. The molecule has 0 saturated heterocycles. The fraction of sp³-hybridized carbons (Fsp3) is 0.750. The molecular formula is C12H19NO6S.